The van der Waals surface area contributed by atoms with Gasteiger partial charge in [0.05, 0.1) is 0 Å². The van der Waals surface area contributed by atoms with Gasteiger partial charge in [-0.1, -0.05) is 45.4 Å². The highest BCUT2D eigenvalue weighted by molar-refractivity contribution is 5.19. The average Bonchev–Trinajstić information content (AvgIpc) is 2.72. The van der Waals surface area contributed by atoms with Gasteiger partial charge in [-0.3, -0.25) is 0 Å². The van der Waals surface area contributed by atoms with Crippen LogP contribution in [0.25, 0.3) is 0 Å². The molecule has 0 radical (unpaired) electrons. The lowest BCUT2D eigenvalue weighted by Gasteiger charge is -2.71. The van der Waals surface area contributed by atoms with Gasteiger partial charge in [-0.05, 0) is 137 Å². The van der Waals surface area contributed by atoms with Crippen molar-refractivity contribution < 1.29 is 0 Å². The minimum atomic E-state index is 0.380. The van der Waals surface area contributed by atoms with Gasteiger partial charge in [0.2, 0.25) is 0 Å². The molecule has 9 fully saturated rings. The standard InChI is InChI=1S/C31H51N/c1-3-9-29(2,32-30-16-21-10-22(17-30)12-23(11-21)18-30)31-19-24-13-25(20-31)15-27(14-24)28(31)26-7-5-4-6-8-26/h21-28,32H,3-20H2,1-2H3. The van der Waals surface area contributed by atoms with Crippen molar-refractivity contribution in [2.45, 2.75) is 141 Å². The van der Waals surface area contributed by atoms with Gasteiger partial charge in [0.15, 0.2) is 0 Å². The molecule has 0 saturated heterocycles. The zero-order valence-corrected chi connectivity index (χ0v) is 21.3. The van der Waals surface area contributed by atoms with Crippen LogP contribution in [-0.2, 0) is 0 Å². The summed E-state index contributed by atoms with van der Waals surface area (Å²) in [5, 5.41) is 4.77. The summed E-state index contributed by atoms with van der Waals surface area (Å²) >= 11 is 0. The van der Waals surface area contributed by atoms with Crippen LogP contribution in [0.3, 0.4) is 0 Å². The molecular weight excluding hydrogens is 386 g/mol. The van der Waals surface area contributed by atoms with Crippen LogP contribution >= 0.6 is 0 Å². The third kappa shape index (κ3) is 3.10. The minimum Gasteiger partial charge on any atom is -0.305 e. The Balaban J connectivity index is 1.27. The molecule has 0 aromatic heterocycles. The molecule has 8 bridgehead atoms. The first-order valence-corrected chi connectivity index (χ1v) is 15.3. The van der Waals surface area contributed by atoms with Crippen LogP contribution < -0.4 is 5.32 Å². The lowest BCUT2D eigenvalue weighted by molar-refractivity contribution is -0.189. The summed E-state index contributed by atoms with van der Waals surface area (Å²) in [5.74, 6) is 8.51. The second kappa shape index (κ2) is 7.48. The maximum absolute atomic E-state index is 4.77. The second-order valence-corrected chi connectivity index (χ2v) is 15.1. The van der Waals surface area contributed by atoms with Crippen LogP contribution in [0.4, 0.5) is 0 Å². The third-order valence-corrected chi connectivity index (χ3v) is 13.0. The lowest BCUT2D eigenvalue weighted by atomic mass is 9.37. The summed E-state index contributed by atoms with van der Waals surface area (Å²) in [6.07, 6.45) is 27.8. The Bertz CT molecular complexity index is 667. The number of hydrogen-bond acceptors (Lipinski definition) is 1. The van der Waals surface area contributed by atoms with Gasteiger partial charge in [-0.25, -0.2) is 0 Å². The molecule has 1 heteroatoms. The van der Waals surface area contributed by atoms with E-state index in [9.17, 15) is 0 Å². The fourth-order valence-corrected chi connectivity index (χ4v) is 13.0. The fourth-order valence-electron chi connectivity index (χ4n) is 13.0. The van der Waals surface area contributed by atoms with E-state index in [1.165, 1.54) is 51.4 Å². The molecule has 1 N–H and O–H groups in total. The van der Waals surface area contributed by atoms with E-state index in [2.05, 4.69) is 13.8 Å². The van der Waals surface area contributed by atoms with Crippen LogP contribution in [0, 0.1) is 52.8 Å². The van der Waals surface area contributed by atoms with Crippen molar-refractivity contribution in [3.8, 4) is 0 Å². The predicted molar refractivity (Wildman–Crippen MR) is 133 cm³/mol. The molecule has 1 nitrogen and oxygen atoms in total. The van der Waals surface area contributed by atoms with Crippen molar-refractivity contribution >= 4 is 0 Å². The summed E-state index contributed by atoms with van der Waals surface area (Å²) in [4.78, 5) is 0. The maximum Gasteiger partial charge on any atom is 0.0217 e. The predicted octanol–water partition coefficient (Wildman–Crippen LogP) is 8.13. The topological polar surface area (TPSA) is 12.0 Å². The first-order chi connectivity index (χ1) is 15.5. The smallest absolute Gasteiger partial charge is 0.0217 e. The van der Waals surface area contributed by atoms with Crippen molar-refractivity contribution in [1.29, 1.82) is 0 Å². The van der Waals surface area contributed by atoms with Crippen molar-refractivity contribution in [2.75, 3.05) is 0 Å². The molecule has 32 heavy (non-hydrogen) atoms. The molecule has 4 atom stereocenters. The van der Waals surface area contributed by atoms with Gasteiger partial charge in [0.25, 0.3) is 0 Å². The fraction of sp³-hybridized carbons (Fsp3) is 1.00. The van der Waals surface area contributed by atoms with E-state index in [1.54, 1.807) is 64.2 Å². The molecule has 9 rings (SSSR count). The summed E-state index contributed by atoms with van der Waals surface area (Å²) in [5.41, 5.74) is 1.51. The first-order valence-electron chi connectivity index (χ1n) is 15.3. The van der Waals surface area contributed by atoms with Gasteiger partial charge >= 0.3 is 0 Å². The second-order valence-electron chi connectivity index (χ2n) is 15.1. The van der Waals surface area contributed by atoms with E-state index < -0.39 is 0 Å². The van der Waals surface area contributed by atoms with E-state index >= 15 is 0 Å². The Kier molecular flexibility index (Phi) is 4.97. The normalized spacial score (nSPS) is 53.6. The van der Waals surface area contributed by atoms with Gasteiger partial charge in [-0.2, -0.15) is 0 Å². The average molecular weight is 438 g/mol. The van der Waals surface area contributed by atoms with Crippen LogP contribution in [-0.4, -0.2) is 11.1 Å². The zero-order valence-electron chi connectivity index (χ0n) is 21.3. The molecule has 9 aliphatic rings. The highest BCUT2D eigenvalue weighted by Gasteiger charge is 2.66. The number of nitrogens with one attached hydrogen (secondary N) is 1. The summed E-state index contributed by atoms with van der Waals surface area (Å²) in [6, 6.07) is 0. The lowest BCUT2D eigenvalue weighted by Crippen LogP contribution is -2.73. The monoisotopic (exact) mass is 437 g/mol. The molecule has 4 unspecified atom stereocenters. The van der Waals surface area contributed by atoms with E-state index in [1.807, 2.05) is 0 Å². The van der Waals surface area contributed by atoms with Gasteiger partial charge in [-0.15, -0.1) is 0 Å². The quantitative estimate of drug-likeness (QED) is 0.442. The van der Waals surface area contributed by atoms with Crippen molar-refractivity contribution in [2.24, 2.45) is 52.8 Å². The molecule has 0 aliphatic heterocycles. The van der Waals surface area contributed by atoms with Gasteiger partial charge < -0.3 is 5.32 Å². The Morgan fingerprint density at radius 3 is 1.75 bits per heavy atom. The van der Waals surface area contributed by atoms with Crippen LogP contribution in [0.1, 0.15) is 129 Å². The highest BCUT2D eigenvalue weighted by atomic mass is 15.1. The Labute approximate surface area is 198 Å². The largest absolute Gasteiger partial charge is 0.305 e. The molecule has 9 saturated carbocycles. The van der Waals surface area contributed by atoms with Crippen LogP contribution in [0.2, 0.25) is 0 Å². The molecule has 9 aliphatic carbocycles. The third-order valence-electron chi connectivity index (χ3n) is 13.0. The molecular formula is C31H51N. The molecule has 0 aromatic rings. The Hall–Kier alpha value is -0.0400. The van der Waals surface area contributed by atoms with Crippen LogP contribution in [0.15, 0.2) is 0 Å². The maximum atomic E-state index is 4.77. The minimum absolute atomic E-state index is 0.380. The Morgan fingerprint density at radius 2 is 1.22 bits per heavy atom. The number of hydrogen-bond donors (Lipinski definition) is 1. The summed E-state index contributed by atoms with van der Waals surface area (Å²) < 4.78 is 0. The van der Waals surface area contributed by atoms with E-state index in [-0.39, 0.29) is 0 Å². The zero-order chi connectivity index (χ0) is 21.6. The highest BCUT2D eigenvalue weighted by Crippen LogP contribution is 2.70. The van der Waals surface area contributed by atoms with Gasteiger partial charge in [0, 0.05) is 11.1 Å². The summed E-state index contributed by atoms with van der Waals surface area (Å²) in [6.45, 7) is 5.30. The molecule has 0 spiro atoms. The molecule has 0 amide bonds. The molecule has 180 valence electrons. The SMILES string of the molecule is CCCC(C)(NC12CC3CC(CC(C3)C1)C2)C12CC3CC(CC(C3)C1C1CCCCC1)C2. The van der Waals surface area contributed by atoms with E-state index in [0.717, 1.165) is 47.3 Å². The van der Waals surface area contributed by atoms with Crippen LogP contribution in [0.5, 0.6) is 0 Å². The summed E-state index contributed by atoms with van der Waals surface area (Å²) in [7, 11) is 0. The first kappa shape index (κ1) is 21.3. The van der Waals surface area contributed by atoms with Gasteiger partial charge in [0.1, 0.15) is 0 Å². The Morgan fingerprint density at radius 1 is 0.688 bits per heavy atom. The molecule has 0 aromatic carbocycles. The molecule has 0 heterocycles. The number of rotatable bonds is 6. The van der Waals surface area contributed by atoms with E-state index in [0.29, 0.717) is 16.5 Å². The van der Waals surface area contributed by atoms with Crippen molar-refractivity contribution in [3.05, 3.63) is 0 Å². The van der Waals surface area contributed by atoms with Crippen molar-refractivity contribution in [3.63, 3.8) is 0 Å². The van der Waals surface area contributed by atoms with Crippen molar-refractivity contribution in [1.82, 2.24) is 5.32 Å². The van der Waals surface area contributed by atoms with E-state index in [4.69, 9.17) is 5.32 Å².